The highest BCUT2D eigenvalue weighted by Crippen LogP contribution is 2.43. The molecular formula is C23H28F3N3O3. The van der Waals surface area contributed by atoms with Crippen LogP contribution in [0.4, 0.5) is 18.0 Å². The summed E-state index contributed by atoms with van der Waals surface area (Å²) in [7, 11) is 0. The molecule has 1 atom stereocenters. The summed E-state index contributed by atoms with van der Waals surface area (Å²) in [5, 5.41) is 2.47. The molecule has 1 aromatic heterocycles. The van der Waals surface area contributed by atoms with E-state index in [1.54, 1.807) is 6.92 Å². The van der Waals surface area contributed by atoms with Crippen LogP contribution in [0.5, 0.6) is 5.75 Å². The maximum atomic E-state index is 14.1. The van der Waals surface area contributed by atoms with Gasteiger partial charge in [0, 0.05) is 11.6 Å². The van der Waals surface area contributed by atoms with Gasteiger partial charge in [-0.05, 0) is 56.1 Å². The largest absolute Gasteiger partial charge is 0.490 e. The first kappa shape index (κ1) is 22.6. The Morgan fingerprint density at radius 3 is 2.41 bits per heavy atom. The predicted octanol–water partition coefficient (Wildman–Crippen LogP) is 5.59. The van der Waals surface area contributed by atoms with E-state index in [2.05, 4.69) is 36.1 Å². The van der Waals surface area contributed by atoms with Crippen LogP contribution in [-0.2, 0) is 16.5 Å². The van der Waals surface area contributed by atoms with Crippen LogP contribution in [0.1, 0.15) is 64.8 Å². The highest BCUT2D eigenvalue weighted by Gasteiger charge is 2.41. The SMILES string of the molecule is CC(C)(C)[C@H]1CC[C@H](Oc2ccc3nc([C@]4(C)COC(=O)N4)ncc3c2C(F)(F)F)CC1. The quantitative estimate of drug-likeness (QED) is 0.659. The Balaban J connectivity index is 1.64. The van der Waals surface area contributed by atoms with Gasteiger partial charge in [0.1, 0.15) is 23.5 Å². The summed E-state index contributed by atoms with van der Waals surface area (Å²) < 4.78 is 53.0. The molecule has 1 aliphatic heterocycles. The lowest BCUT2D eigenvalue weighted by Crippen LogP contribution is -2.39. The van der Waals surface area contributed by atoms with Crippen LogP contribution in [0, 0.1) is 11.3 Å². The lowest BCUT2D eigenvalue weighted by molar-refractivity contribution is -0.138. The molecule has 32 heavy (non-hydrogen) atoms. The van der Waals surface area contributed by atoms with E-state index < -0.39 is 23.4 Å². The second-order valence-corrected chi connectivity index (χ2v) is 10.1. The van der Waals surface area contributed by atoms with Crippen LogP contribution >= 0.6 is 0 Å². The third-order valence-electron chi connectivity index (χ3n) is 6.57. The molecule has 2 aliphatic rings. The van der Waals surface area contributed by atoms with E-state index in [1.165, 1.54) is 12.1 Å². The van der Waals surface area contributed by atoms with Gasteiger partial charge in [-0.15, -0.1) is 0 Å². The van der Waals surface area contributed by atoms with Gasteiger partial charge < -0.3 is 14.8 Å². The molecule has 0 radical (unpaired) electrons. The molecule has 0 bridgehead atoms. The molecule has 174 valence electrons. The van der Waals surface area contributed by atoms with Crippen molar-refractivity contribution in [3.8, 4) is 5.75 Å². The van der Waals surface area contributed by atoms with Gasteiger partial charge in [-0.1, -0.05) is 20.8 Å². The Kier molecular flexibility index (Phi) is 5.49. The molecule has 1 N–H and O–H groups in total. The fraction of sp³-hybridized carbons (Fsp3) is 0.609. The number of benzene rings is 1. The third kappa shape index (κ3) is 4.34. The number of alkyl halides is 3. The van der Waals surface area contributed by atoms with E-state index in [4.69, 9.17) is 9.47 Å². The first-order valence-corrected chi connectivity index (χ1v) is 10.9. The predicted molar refractivity (Wildman–Crippen MR) is 112 cm³/mol. The average Bonchev–Trinajstić information content (AvgIpc) is 3.06. The summed E-state index contributed by atoms with van der Waals surface area (Å²) in [6, 6.07) is 2.84. The van der Waals surface area contributed by atoms with Crippen LogP contribution in [0.2, 0.25) is 0 Å². The molecule has 2 fully saturated rings. The number of carbonyl (C=O) groups is 1. The highest BCUT2D eigenvalue weighted by atomic mass is 19.4. The number of ether oxygens (including phenoxy) is 2. The monoisotopic (exact) mass is 451 g/mol. The number of nitrogens with zero attached hydrogens (tertiary/aromatic N) is 2. The molecule has 0 unspecified atom stereocenters. The Morgan fingerprint density at radius 1 is 1.16 bits per heavy atom. The van der Waals surface area contributed by atoms with E-state index in [0.29, 0.717) is 5.92 Å². The maximum absolute atomic E-state index is 14.1. The van der Waals surface area contributed by atoms with Crippen molar-refractivity contribution in [2.75, 3.05) is 6.61 Å². The fourth-order valence-corrected chi connectivity index (χ4v) is 4.60. The van der Waals surface area contributed by atoms with E-state index in [9.17, 15) is 18.0 Å². The van der Waals surface area contributed by atoms with E-state index in [0.717, 1.165) is 31.9 Å². The number of aromatic nitrogens is 2. The van der Waals surface area contributed by atoms with Crippen molar-refractivity contribution in [2.45, 2.75) is 71.2 Å². The van der Waals surface area contributed by atoms with Crippen LogP contribution in [-0.4, -0.2) is 28.8 Å². The lowest BCUT2D eigenvalue weighted by Gasteiger charge is -2.37. The number of rotatable bonds is 3. The van der Waals surface area contributed by atoms with Crippen molar-refractivity contribution in [1.29, 1.82) is 0 Å². The molecule has 1 aliphatic carbocycles. The zero-order valence-electron chi connectivity index (χ0n) is 18.7. The Morgan fingerprint density at radius 2 is 1.84 bits per heavy atom. The number of hydrogen-bond acceptors (Lipinski definition) is 5. The average molecular weight is 451 g/mol. The number of carbonyl (C=O) groups excluding carboxylic acids is 1. The van der Waals surface area contributed by atoms with Crippen molar-refractivity contribution in [2.24, 2.45) is 11.3 Å². The zero-order chi connectivity index (χ0) is 23.3. The van der Waals surface area contributed by atoms with Crippen molar-refractivity contribution in [1.82, 2.24) is 15.3 Å². The molecule has 1 saturated carbocycles. The van der Waals surface area contributed by atoms with Gasteiger partial charge in [-0.3, -0.25) is 0 Å². The minimum atomic E-state index is -4.63. The van der Waals surface area contributed by atoms with Crippen LogP contribution < -0.4 is 10.1 Å². The minimum Gasteiger partial charge on any atom is -0.490 e. The second-order valence-electron chi connectivity index (χ2n) is 10.1. The summed E-state index contributed by atoms with van der Waals surface area (Å²) in [6.45, 7) is 8.25. The second kappa shape index (κ2) is 7.78. The maximum Gasteiger partial charge on any atom is 0.420 e. The van der Waals surface area contributed by atoms with Gasteiger partial charge >= 0.3 is 12.3 Å². The number of fused-ring (bicyclic) bond motifs is 1. The third-order valence-corrected chi connectivity index (χ3v) is 6.57. The highest BCUT2D eigenvalue weighted by molar-refractivity contribution is 5.84. The summed E-state index contributed by atoms with van der Waals surface area (Å²) in [4.78, 5) is 19.9. The number of nitrogens with one attached hydrogen (secondary N) is 1. The molecule has 6 nitrogen and oxygen atoms in total. The minimum absolute atomic E-state index is 0.00189. The first-order valence-electron chi connectivity index (χ1n) is 10.9. The molecular weight excluding hydrogens is 423 g/mol. The van der Waals surface area contributed by atoms with Crippen molar-refractivity contribution in [3.05, 3.63) is 29.7 Å². The van der Waals surface area contributed by atoms with Gasteiger partial charge in [0.25, 0.3) is 0 Å². The van der Waals surface area contributed by atoms with E-state index in [-0.39, 0.29) is 40.6 Å². The zero-order valence-corrected chi connectivity index (χ0v) is 18.7. The van der Waals surface area contributed by atoms with Gasteiger partial charge in [-0.2, -0.15) is 13.2 Å². The lowest BCUT2D eigenvalue weighted by atomic mass is 9.72. The van der Waals surface area contributed by atoms with Crippen molar-refractivity contribution in [3.63, 3.8) is 0 Å². The Labute approximate surface area is 184 Å². The molecule has 9 heteroatoms. The van der Waals surface area contributed by atoms with Crippen molar-refractivity contribution < 1.29 is 27.4 Å². The molecule has 1 aromatic carbocycles. The number of amides is 1. The smallest absolute Gasteiger partial charge is 0.420 e. The summed E-state index contributed by atoms with van der Waals surface area (Å²) in [5.74, 6) is 0.539. The summed E-state index contributed by atoms with van der Waals surface area (Å²) >= 11 is 0. The van der Waals surface area contributed by atoms with Crippen LogP contribution in [0.15, 0.2) is 18.3 Å². The van der Waals surface area contributed by atoms with Gasteiger partial charge in [0.15, 0.2) is 5.82 Å². The molecule has 0 spiro atoms. The van der Waals surface area contributed by atoms with Gasteiger partial charge in [0.05, 0.1) is 11.6 Å². The molecule has 4 rings (SSSR count). The van der Waals surface area contributed by atoms with Crippen LogP contribution in [0.25, 0.3) is 10.9 Å². The standard InChI is InChI=1S/C23H28F3N3O3/c1-21(2,3)13-5-7-14(8-6-13)32-17-10-9-16-15(18(17)23(24,25)26)11-27-19(28-16)22(4)12-31-20(30)29-22/h9-11,13-14H,5-8,12H2,1-4H3,(H,29,30)/t13-,14-,22-/m0/s1. The molecule has 2 aromatic rings. The van der Waals surface area contributed by atoms with Crippen molar-refractivity contribution >= 4 is 17.0 Å². The number of cyclic esters (lactones) is 1. The Bertz CT molecular complexity index is 1030. The summed E-state index contributed by atoms with van der Waals surface area (Å²) in [6.07, 6.45) is -1.02. The topological polar surface area (TPSA) is 73.3 Å². The normalized spacial score (nSPS) is 26.7. The molecule has 2 heterocycles. The van der Waals surface area contributed by atoms with E-state index >= 15 is 0 Å². The molecule has 1 saturated heterocycles. The van der Waals surface area contributed by atoms with E-state index in [1.807, 2.05) is 0 Å². The summed E-state index contributed by atoms with van der Waals surface area (Å²) in [5.41, 5.74) is -1.55. The Hall–Kier alpha value is -2.58. The number of halogens is 3. The molecule has 1 amide bonds. The van der Waals surface area contributed by atoms with Crippen LogP contribution in [0.3, 0.4) is 0 Å². The first-order chi connectivity index (χ1) is 14.9. The van der Waals surface area contributed by atoms with Gasteiger partial charge in [0.2, 0.25) is 0 Å². The van der Waals surface area contributed by atoms with Gasteiger partial charge in [-0.25, -0.2) is 14.8 Å². The fourth-order valence-electron chi connectivity index (χ4n) is 4.60. The number of hydrogen-bond donors (Lipinski definition) is 1. The number of alkyl carbamates (subject to hydrolysis) is 1.